The molecule has 0 spiro atoms. The maximum atomic E-state index is 11.9. The summed E-state index contributed by atoms with van der Waals surface area (Å²) < 4.78 is 4.58. The van der Waals surface area contributed by atoms with Gasteiger partial charge in [-0.3, -0.25) is 4.79 Å². The van der Waals surface area contributed by atoms with Crippen molar-refractivity contribution in [2.24, 2.45) is 10.8 Å². The van der Waals surface area contributed by atoms with Crippen molar-refractivity contribution in [3.8, 4) is 0 Å². The Morgan fingerprint density at radius 1 is 1.19 bits per heavy atom. The lowest BCUT2D eigenvalue weighted by molar-refractivity contribution is -0.161. The van der Waals surface area contributed by atoms with Gasteiger partial charge in [0.1, 0.15) is 5.78 Å². The van der Waals surface area contributed by atoms with Crippen molar-refractivity contribution in [1.82, 2.24) is 0 Å². The fourth-order valence-corrected chi connectivity index (χ4v) is 3.23. The lowest BCUT2D eigenvalue weighted by atomic mass is 9.53. The summed E-state index contributed by atoms with van der Waals surface area (Å²) in [7, 11) is 1.32. The predicted molar refractivity (Wildman–Crippen MR) is 81.7 cm³/mol. The largest absolute Gasteiger partial charge is 0.466 e. The second-order valence-electron chi connectivity index (χ2n) is 7.17. The normalized spacial score (nSPS) is 24.1. The molecule has 0 aromatic carbocycles. The Kier molecular flexibility index (Phi) is 4.83. The first-order valence-corrected chi connectivity index (χ1v) is 7.15. The first kappa shape index (κ1) is 17.6. The SMILES string of the molecule is COC(=O)/C=C(C)\C=C\C1(O)C(C)(C)CC(=O)CC1(C)C. The van der Waals surface area contributed by atoms with Crippen molar-refractivity contribution in [2.45, 2.75) is 53.1 Å². The van der Waals surface area contributed by atoms with Crippen LogP contribution in [0.5, 0.6) is 0 Å². The summed E-state index contributed by atoms with van der Waals surface area (Å²) in [6.45, 7) is 9.36. The lowest BCUT2D eigenvalue weighted by Crippen LogP contribution is -2.58. The van der Waals surface area contributed by atoms with Gasteiger partial charge < -0.3 is 9.84 Å². The molecule has 118 valence electrons. The second kappa shape index (κ2) is 5.76. The molecule has 0 atom stereocenters. The average Bonchev–Trinajstić information content (AvgIpc) is 2.32. The van der Waals surface area contributed by atoms with Crippen LogP contribution in [0.3, 0.4) is 0 Å². The maximum Gasteiger partial charge on any atom is 0.330 e. The number of esters is 1. The number of hydrogen-bond donors (Lipinski definition) is 1. The third-order valence-electron chi connectivity index (χ3n) is 4.48. The number of methoxy groups -OCH3 is 1. The van der Waals surface area contributed by atoms with Gasteiger partial charge in [0.05, 0.1) is 12.7 Å². The van der Waals surface area contributed by atoms with Gasteiger partial charge in [0.25, 0.3) is 0 Å². The van der Waals surface area contributed by atoms with Gasteiger partial charge in [0.2, 0.25) is 0 Å². The van der Waals surface area contributed by atoms with E-state index < -0.39 is 22.4 Å². The number of carbonyl (C=O) groups is 2. The van der Waals surface area contributed by atoms with Crippen molar-refractivity contribution >= 4 is 11.8 Å². The highest BCUT2D eigenvalue weighted by Gasteiger charge is 2.56. The summed E-state index contributed by atoms with van der Waals surface area (Å²) in [5.41, 5.74) is -1.56. The molecular weight excluding hydrogens is 268 g/mol. The number of aliphatic hydroxyl groups is 1. The van der Waals surface area contributed by atoms with Gasteiger partial charge in [-0.05, 0) is 12.5 Å². The number of ketones is 1. The summed E-state index contributed by atoms with van der Waals surface area (Å²) in [5, 5.41) is 11.2. The number of hydrogen-bond acceptors (Lipinski definition) is 4. The van der Waals surface area contributed by atoms with Crippen LogP contribution in [-0.4, -0.2) is 29.6 Å². The van der Waals surface area contributed by atoms with Crippen LogP contribution in [0.2, 0.25) is 0 Å². The third-order valence-corrected chi connectivity index (χ3v) is 4.48. The minimum absolute atomic E-state index is 0.171. The topological polar surface area (TPSA) is 63.6 Å². The quantitative estimate of drug-likeness (QED) is 0.494. The van der Waals surface area contributed by atoms with Crippen LogP contribution in [0.25, 0.3) is 0 Å². The van der Waals surface area contributed by atoms with E-state index in [1.807, 2.05) is 27.7 Å². The van der Waals surface area contributed by atoms with Gasteiger partial charge in [-0.15, -0.1) is 0 Å². The van der Waals surface area contributed by atoms with E-state index in [9.17, 15) is 14.7 Å². The summed E-state index contributed by atoms with van der Waals surface area (Å²) in [5.74, 6) is -0.258. The number of allylic oxidation sites excluding steroid dienone is 2. The molecule has 0 heterocycles. The molecular formula is C17H26O4. The molecule has 1 N–H and O–H groups in total. The molecule has 0 radical (unpaired) electrons. The fraction of sp³-hybridized carbons (Fsp3) is 0.647. The van der Waals surface area contributed by atoms with E-state index in [0.717, 1.165) is 0 Å². The van der Waals surface area contributed by atoms with E-state index in [2.05, 4.69) is 4.74 Å². The molecule has 1 rings (SSSR count). The van der Waals surface area contributed by atoms with Crippen molar-refractivity contribution in [3.05, 3.63) is 23.8 Å². The summed E-state index contributed by atoms with van der Waals surface area (Å²) in [4.78, 5) is 23.1. The van der Waals surface area contributed by atoms with Crippen LogP contribution in [0.1, 0.15) is 47.5 Å². The van der Waals surface area contributed by atoms with E-state index in [4.69, 9.17) is 0 Å². The average molecular weight is 294 g/mol. The highest BCUT2D eigenvalue weighted by molar-refractivity contribution is 5.83. The molecule has 0 amide bonds. The Hall–Kier alpha value is -1.42. The molecule has 1 fully saturated rings. The first-order valence-electron chi connectivity index (χ1n) is 7.15. The predicted octanol–water partition coefficient (Wildman–Crippen LogP) is 2.81. The molecule has 21 heavy (non-hydrogen) atoms. The van der Waals surface area contributed by atoms with Crippen molar-refractivity contribution < 1.29 is 19.4 Å². The minimum Gasteiger partial charge on any atom is -0.466 e. The Balaban J connectivity index is 3.15. The highest BCUT2D eigenvalue weighted by Crippen LogP contribution is 2.53. The maximum absolute atomic E-state index is 11.9. The summed E-state index contributed by atoms with van der Waals surface area (Å²) in [6.07, 6.45) is 5.49. The molecule has 0 aliphatic heterocycles. The molecule has 0 bridgehead atoms. The molecule has 0 unspecified atom stereocenters. The van der Waals surface area contributed by atoms with Gasteiger partial charge in [-0.1, -0.05) is 39.8 Å². The molecule has 1 aliphatic carbocycles. The van der Waals surface area contributed by atoms with E-state index in [-0.39, 0.29) is 5.78 Å². The van der Waals surface area contributed by atoms with Crippen LogP contribution < -0.4 is 0 Å². The Bertz CT molecular complexity index is 475. The monoisotopic (exact) mass is 294 g/mol. The van der Waals surface area contributed by atoms with Crippen LogP contribution in [0.4, 0.5) is 0 Å². The first-order chi connectivity index (χ1) is 9.45. The van der Waals surface area contributed by atoms with E-state index in [1.165, 1.54) is 13.2 Å². The number of rotatable bonds is 3. The summed E-state index contributed by atoms with van der Waals surface area (Å²) in [6, 6.07) is 0. The second-order valence-corrected chi connectivity index (χ2v) is 7.17. The Morgan fingerprint density at radius 2 is 1.67 bits per heavy atom. The molecule has 0 aromatic heterocycles. The van der Waals surface area contributed by atoms with E-state index >= 15 is 0 Å². The minimum atomic E-state index is -1.13. The van der Waals surface area contributed by atoms with Gasteiger partial charge in [-0.2, -0.15) is 0 Å². The molecule has 0 saturated heterocycles. The molecule has 1 aliphatic rings. The lowest BCUT2D eigenvalue weighted by Gasteiger charge is -2.54. The highest BCUT2D eigenvalue weighted by atomic mass is 16.5. The van der Waals surface area contributed by atoms with Crippen LogP contribution in [0, 0.1) is 10.8 Å². The zero-order valence-corrected chi connectivity index (χ0v) is 13.8. The number of carbonyl (C=O) groups excluding carboxylic acids is 2. The molecule has 4 nitrogen and oxygen atoms in total. The molecule has 1 saturated carbocycles. The molecule has 0 aromatic rings. The van der Waals surface area contributed by atoms with Crippen LogP contribution in [-0.2, 0) is 14.3 Å². The fourth-order valence-electron chi connectivity index (χ4n) is 3.23. The Morgan fingerprint density at radius 3 is 2.10 bits per heavy atom. The van der Waals surface area contributed by atoms with Crippen molar-refractivity contribution in [3.63, 3.8) is 0 Å². The van der Waals surface area contributed by atoms with E-state index in [1.54, 1.807) is 19.1 Å². The van der Waals surface area contributed by atoms with Gasteiger partial charge >= 0.3 is 5.97 Å². The zero-order chi connectivity index (χ0) is 16.5. The van der Waals surface area contributed by atoms with Gasteiger partial charge in [0, 0.05) is 29.7 Å². The van der Waals surface area contributed by atoms with Crippen molar-refractivity contribution in [1.29, 1.82) is 0 Å². The van der Waals surface area contributed by atoms with E-state index in [0.29, 0.717) is 18.4 Å². The third kappa shape index (κ3) is 3.43. The smallest absolute Gasteiger partial charge is 0.330 e. The zero-order valence-electron chi connectivity index (χ0n) is 13.8. The van der Waals surface area contributed by atoms with Crippen molar-refractivity contribution in [2.75, 3.05) is 7.11 Å². The molecule has 4 heteroatoms. The van der Waals surface area contributed by atoms with Gasteiger partial charge in [0.15, 0.2) is 0 Å². The van der Waals surface area contributed by atoms with Crippen LogP contribution in [0.15, 0.2) is 23.8 Å². The standard InChI is InChI=1S/C17H26O4/c1-12(9-14(19)21-6)7-8-17(20)15(2,3)10-13(18)11-16(17,4)5/h7-9,20H,10-11H2,1-6H3/b8-7+,12-9-. The Labute approximate surface area is 126 Å². The van der Waals surface area contributed by atoms with Gasteiger partial charge in [-0.25, -0.2) is 4.79 Å². The van der Waals surface area contributed by atoms with Crippen LogP contribution >= 0.6 is 0 Å². The summed E-state index contributed by atoms with van der Waals surface area (Å²) >= 11 is 0. The number of ether oxygens (including phenoxy) is 1. The number of Topliss-reactive ketones (excluding diaryl/α,β-unsaturated/α-hetero) is 1.